The maximum Gasteiger partial charge on any atom is 0.0294 e. The summed E-state index contributed by atoms with van der Waals surface area (Å²) in [5, 5.41) is 3.84. The number of hydrogen-bond donors (Lipinski definition) is 1. The highest BCUT2D eigenvalue weighted by atomic mass is 14.9. The summed E-state index contributed by atoms with van der Waals surface area (Å²) in [6, 6.07) is 10.3. The van der Waals surface area contributed by atoms with Crippen molar-refractivity contribution in [3.05, 3.63) is 35.4 Å². The summed E-state index contributed by atoms with van der Waals surface area (Å²) in [4.78, 5) is 0. The van der Waals surface area contributed by atoms with E-state index in [0.29, 0.717) is 18.0 Å². The molecule has 0 radical (unpaired) electrons. The van der Waals surface area contributed by atoms with Crippen LogP contribution in [0.3, 0.4) is 0 Å². The molecule has 1 fully saturated rings. The quantitative estimate of drug-likeness (QED) is 0.786. The third-order valence-electron chi connectivity index (χ3n) is 4.77. The van der Waals surface area contributed by atoms with E-state index in [0.717, 1.165) is 11.8 Å². The van der Waals surface area contributed by atoms with Gasteiger partial charge in [0.05, 0.1) is 0 Å². The van der Waals surface area contributed by atoms with Gasteiger partial charge >= 0.3 is 0 Å². The van der Waals surface area contributed by atoms with Crippen molar-refractivity contribution in [3.8, 4) is 0 Å². The summed E-state index contributed by atoms with van der Waals surface area (Å²) in [5.74, 6) is 2.35. The fraction of sp³-hybridized carbons (Fsp3) is 0.684. The van der Waals surface area contributed by atoms with Gasteiger partial charge in [-0.2, -0.15) is 0 Å². The molecule has 3 atom stereocenters. The summed E-state index contributed by atoms with van der Waals surface area (Å²) in [6.45, 7) is 11.6. The van der Waals surface area contributed by atoms with Gasteiger partial charge in [0.2, 0.25) is 0 Å². The van der Waals surface area contributed by atoms with Crippen molar-refractivity contribution in [2.75, 3.05) is 0 Å². The largest absolute Gasteiger partial charge is 0.307 e. The molecule has 0 aliphatic heterocycles. The first-order chi connectivity index (χ1) is 9.45. The van der Waals surface area contributed by atoms with E-state index in [1.54, 1.807) is 0 Å². The van der Waals surface area contributed by atoms with Gasteiger partial charge < -0.3 is 5.32 Å². The Morgan fingerprint density at radius 2 is 1.35 bits per heavy atom. The van der Waals surface area contributed by atoms with Crippen LogP contribution >= 0.6 is 0 Å². The van der Waals surface area contributed by atoms with Gasteiger partial charge in [0, 0.05) is 12.1 Å². The van der Waals surface area contributed by atoms with Crippen LogP contribution in [0.25, 0.3) is 0 Å². The standard InChI is InChI=1S/C19H31N/c1-13(2)17-6-8-18(9-7-17)16(5)20-19-11-14(3)10-15(4)12-19/h6-9,13-16,19-20H,10-12H2,1-5H3. The van der Waals surface area contributed by atoms with Crippen LogP contribution in [0, 0.1) is 11.8 Å². The average molecular weight is 273 g/mol. The van der Waals surface area contributed by atoms with Crippen molar-refractivity contribution < 1.29 is 0 Å². The molecule has 0 saturated heterocycles. The lowest BCUT2D eigenvalue weighted by atomic mass is 9.80. The highest BCUT2D eigenvalue weighted by Crippen LogP contribution is 2.30. The van der Waals surface area contributed by atoms with E-state index >= 15 is 0 Å². The van der Waals surface area contributed by atoms with Gasteiger partial charge in [-0.05, 0) is 55.1 Å². The van der Waals surface area contributed by atoms with Crippen molar-refractivity contribution >= 4 is 0 Å². The van der Waals surface area contributed by atoms with E-state index in [-0.39, 0.29) is 0 Å². The van der Waals surface area contributed by atoms with Crippen LogP contribution < -0.4 is 5.32 Å². The number of benzene rings is 1. The van der Waals surface area contributed by atoms with E-state index in [1.165, 1.54) is 30.4 Å². The Morgan fingerprint density at radius 1 is 0.850 bits per heavy atom. The second-order valence-corrected chi connectivity index (χ2v) is 7.32. The number of nitrogens with one attached hydrogen (secondary N) is 1. The lowest BCUT2D eigenvalue weighted by Crippen LogP contribution is -2.37. The van der Waals surface area contributed by atoms with Gasteiger partial charge in [0.25, 0.3) is 0 Å². The Labute approximate surface area is 125 Å². The number of rotatable bonds is 4. The summed E-state index contributed by atoms with van der Waals surface area (Å²) in [5.41, 5.74) is 2.85. The maximum atomic E-state index is 3.84. The van der Waals surface area contributed by atoms with Gasteiger partial charge in [-0.25, -0.2) is 0 Å². The zero-order chi connectivity index (χ0) is 14.7. The zero-order valence-corrected chi connectivity index (χ0v) is 13.8. The molecular formula is C19H31N. The van der Waals surface area contributed by atoms with Gasteiger partial charge in [0.1, 0.15) is 0 Å². The lowest BCUT2D eigenvalue weighted by Gasteiger charge is -2.34. The molecule has 1 aliphatic rings. The molecule has 1 aromatic rings. The Bertz CT molecular complexity index is 396. The molecular weight excluding hydrogens is 242 g/mol. The minimum atomic E-state index is 0.457. The minimum absolute atomic E-state index is 0.457. The van der Waals surface area contributed by atoms with Gasteiger partial charge in [-0.3, -0.25) is 0 Å². The molecule has 1 nitrogen and oxygen atoms in total. The Kier molecular flexibility index (Phi) is 5.26. The molecule has 2 rings (SSSR count). The van der Waals surface area contributed by atoms with Gasteiger partial charge in [-0.15, -0.1) is 0 Å². The highest BCUT2D eigenvalue weighted by molar-refractivity contribution is 5.26. The van der Waals surface area contributed by atoms with Crippen molar-refractivity contribution in [2.45, 2.75) is 71.9 Å². The van der Waals surface area contributed by atoms with Crippen molar-refractivity contribution in [1.82, 2.24) is 5.32 Å². The maximum absolute atomic E-state index is 3.84. The van der Waals surface area contributed by atoms with E-state index in [2.05, 4.69) is 64.2 Å². The van der Waals surface area contributed by atoms with Gasteiger partial charge in [0.15, 0.2) is 0 Å². The minimum Gasteiger partial charge on any atom is -0.307 e. The first-order valence-electron chi connectivity index (χ1n) is 8.31. The van der Waals surface area contributed by atoms with Crippen molar-refractivity contribution in [3.63, 3.8) is 0 Å². The third-order valence-corrected chi connectivity index (χ3v) is 4.77. The van der Waals surface area contributed by atoms with Crippen molar-refractivity contribution in [2.24, 2.45) is 11.8 Å². The molecule has 3 unspecified atom stereocenters. The Hall–Kier alpha value is -0.820. The molecule has 0 amide bonds. The Morgan fingerprint density at radius 3 is 1.85 bits per heavy atom. The summed E-state index contributed by atoms with van der Waals surface area (Å²) >= 11 is 0. The average Bonchev–Trinajstić information content (AvgIpc) is 2.37. The fourth-order valence-corrected chi connectivity index (χ4v) is 3.70. The van der Waals surface area contributed by atoms with Crippen molar-refractivity contribution in [1.29, 1.82) is 0 Å². The second kappa shape index (κ2) is 6.76. The second-order valence-electron chi connectivity index (χ2n) is 7.32. The third kappa shape index (κ3) is 4.09. The van der Waals surface area contributed by atoms with E-state index in [9.17, 15) is 0 Å². The highest BCUT2D eigenvalue weighted by Gasteiger charge is 2.24. The fourth-order valence-electron chi connectivity index (χ4n) is 3.70. The van der Waals surface area contributed by atoms with Crippen LogP contribution in [0.4, 0.5) is 0 Å². The Balaban J connectivity index is 1.95. The SMILES string of the molecule is CC1CC(C)CC(NC(C)c2ccc(C(C)C)cc2)C1. The molecule has 0 spiro atoms. The van der Waals surface area contributed by atoms with E-state index < -0.39 is 0 Å². The molecule has 1 N–H and O–H groups in total. The van der Waals surface area contributed by atoms with Crippen LogP contribution in [-0.2, 0) is 0 Å². The molecule has 0 aromatic heterocycles. The normalized spacial score (nSPS) is 28.6. The smallest absolute Gasteiger partial charge is 0.0294 e. The summed E-state index contributed by atoms with van der Waals surface area (Å²) in [6.07, 6.45) is 4.06. The van der Waals surface area contributed by atoms with Crippen LogP contribution in [-0.4, -0.2) is 6.04 Å². The van der Waals surface area contributed by atoms with Crippen LogP contribution in [0.1, 0.15) is 77.0 Å². The monoisotopic (exact) mass is 273 g/mol. The molecule has 0 bridgehead atoms. The first-order valence-corrected chi connectivity index (χ1v) is 8.31. The summed E-state index contributed by atoms with van der Waals surface area (Å²) < 4.78 is 0. The van der Waals surface area contributed by atoms with E-state index in [4.69, 9.17) is 0 Å². The molecule has 1 aromatic carbocycles. The first kappa shape index (κ1) is 15.6. The molecule has 1 aliphatic carbocycles. The molecule has 0 heterocycles. The topological polar surface area (TPSA) is 12.0 Å². The lowest BCUT2D eigenvalue weighted by molar-refractivity contribution is 0.228. The van der Waals surface area contributed by atoms with E-state index in [1.807, 2.05) is 0 Å². The molecule has 112 valence electrons. The predicted octanol–water partition coefficient (Wildman–Crippen LogP) is 5.29. The zero-order valence-electron chi connectivity index (χ0n) is 13.8. The molecule has 20 heavy (non-hydrogen) atoms. The van der Waals surface area contributed by atoms with Gasteiger partial charge in [-0.1, -0.05) is 52.0 Å². The molecule has 1 saturated carbocycles. The number of hydrogen-bond acceptors (Lipinski definition) is 1. The molecule has 1 heteroatoms. The predicted molar refractivity (Wildman–Crippen MR) is 88.0 cm³/mol. The van der Waals surface area contributed by atoms with Crippen LogP contribution in [0.2, 0.25) is 0 Å². The summed E-state index contributed by atoms with van der Waals surface area (Å²) in [7, 11) is 0. The van der Waals surface area contributed by atoms with Crippen LogP contribution in [0.5, 0.6) is 0 Å². The van der Waals surface area contributed by atoms with Crippen LogP contribution in [0.15, 0.2) is 24.3 Å².